The van der Waals surface area contributed by atoms with Crippen molar-refractivity contribution in [3.8, 4) is 0 Å². The van der Waals surface area contributed by atoms with E-state index in [4.69, 9.17) is 0 Å². The largest absolute Gasteiger partial charge is 0.466 e. The first-order valence-corrected chi connectivity index (χ1v) is 46.7. The Hall–Kier alpha value is -14.9. The van der Waals surface area contributed by atoms with Crippen LogP contribution in [0.25, 0.3) is 0 Å². The molecule has 0 radical (unpaired) electrons. The molecule has 0 unspecified atom stereocenters. The van der Waals surface area contributed by atoms with Gasteiger partial charge in [0.25, 0.3) is 0 Å². The lowest BCUT2D eigenvalue weighted by Crippen LogP contribution is -1.95. The summed E-state index contributed by atoms with van der Waals surface area (Å²) < 4.78 is 13.2. The Labute approximate surface area is 830 Å². The second-order valence-corrected chi connectivity index (χ2v) is 30.9. The molecule has 17 aromatic carbocycles. The molecule has 0 saturated heterocycles. The highest BCUT2D eigenvalue weighted by Gasteiger charge is 1.86. The molecule has 0 aliphatic carbocycles. The third-order valence-electron chi connectivity index (χ3n) is 17.0. The second kappa shape index (κ2) is 94.3. The van der Waals surface area contributed by atoms with Gasteiger partial charge in [-0.25, -0.2) is 0 Å². The van der Waals surface area contributed by atoms with Gasteiger partial charge in [0.2, 0.25) is 0 Å². The summed E-state index contributed by atoms with van der Waals surface area (Å²) in [6.07, 6.45) is 0. The molecule has 0 aliphatic heterocycles. The van der Waals surface area contributed by atoms with E-state index < -0.39 is 0 Å². The van der Waals surface area contributed by atoms with Crippen molar-refractivity contribution in [3.05, 3.63) is 610 Å². The van der Waals surface area contributed by atoms with Crippen LogP contribution in [-0.2, 0) is 28.6 Å². The van der Waals surface area contributed by atoms with Crippen molar-refractivity contribution in [1.29, 1.82) is 0 Å². The Bertz CT molecular complexity index is 3970. The average Bonchev–Trinajstić information content (AvgIpc) is 1.12. The average molecular weight is 1830 g/mol. The molecule has 17 rings (SSSR count). The van der Waals surface area contributed by atoms with Crippen LogP contribution in [0.2, 0.25) is 0 Å². The van der Waals surface area contributed by atoms with Crippen molar-refractivity contribution in [2.75, 3.05) is 19.8 Å². The highest BCUT2D eigenvalue weighted by atomic mass is 16.5. The van der Waals surface area contributed by atoms with Crippen LogP contribution < -0.4 is 0 Å². The Morgan fingerprint density at radius 2 is 0.175 bits per heavy atom. The fraction of sp³-hybridized carbons (Fsp3) is 0.198. The number of aryl methyl sites for hydroxylation is 17. The van der Waals surface area contributed by atoms with Gasteiger partial charge in [0.1, 0.15) is 0 Å². The standard InChI is InChI=1S/17C7H8.3C4H8O2/c17*1-7-5-3-2-4-6-7;3*1-3-6-4(2)5/h17*2-6H,1H3;3*3H2,1-2H3. The molecule has 0 saturated carbocycles. The molecule has 0 N–H and O–H groups in total. The van der Waals surface area contributed by atoms with E-state index in [1.54, 1.807) is 20.8 Å². The molecule has 0 atom stereocenters. The van der Waals surface area contributed by atoms with Gasteiger partial charge in [0.15, 0.2) is 0 Å². The van der Waals surface area contributed by atoms with Crippen molar-refractivity contribution in [3.63, 3.8) is 0 Å². The summed E-state index contributed by atoms with van der Waals surface area (Å²) in [5.41, 5.74) is 22.5. The van der Waals surface area contributed by atoms with Crippen molar-refractivity contribution in [2.45, 2.75) is 159 Å². The van der Waals surface area contributed by atoms with Crippen LogP contribution in [0.15, 0.2) is 516 Å². The molecule has 0 spiro atoms. The normalized spacial score (nSPS) is 8.58. The number of hydrogen-bond acceptors (Lipinski definition) is 6. The molecule has 0 amide bonds. The van der Waals surface area contributed by atoms with Gasteiger partial charge in [-0.3, -0.25) is 14.4 Å². The first-order chi connectivity index (χ1) is 66.0. The summed E-state index contributed by atoms with van der Waals surface area (Å²) in [5.74, 6) is -0.632. The Morgan fingerprint density at radius 3 is 0.190 bits per heavy atom. The first-order valence-electron chi connectivity index (χ1n) is 46.7. The molecule has 6 nitrogen and oxygen atoms in total. The number of hydrogen-bond donors (Lipinski definition) is 0. The van der Waals surface area contributed by atoms with E-state index in [9.17, 15) is 14.4 Å². The Kier molecular flexibility index (Phi) is 87.0. The number of rotatable bonds is 3. The zero-order valence-electron chi connectivity index (χ0n) is 86.6. The predicted molar refractivity (Wildman–Crippen MR) is 597 cm³/mol. The van der Waals surface area contributed by atoms with E-state index in [1.165, 1.54) is 115 Å². The van der Waals surface area contributed by atoms with Crippen molar-refractivity contribution >= 4 is 17.9 Å². The second-order valence-electron chi connectivity index (χ2n) is 30.9. The lowest BCUT2D eigenvalue weighted by atomic mass is 10.2. The van der Waals surface area contributed by atoms with Crippen LogP contribution in [0.4, 0.5) is 0 Å². The highest BCUT2D eigenvalue weighted by molar-refractivity contribution is 5.66. The zero-order chi connectivity index (χ0) is 102. The zero-order valence-corrected chi connectivity index (χ0v) is 86.6. The van der Waals surface area contributed by atoms with Gasteiger partial charge in [-0.15, -0.1) is 0 Å². The van der Waals surface area contributed by atoms with E-state index in [2.05, 4.69) is 338 Å². The molecule has 0 aromatic heterocycles. The fourth-order valence-electron chi connectivity index (χ4n) is 9.69. The SMILES string of the molecule is CCOC(C)=O.CCOC(C)=O.CCOC(C)=O.Cc1ccccc1.Cc1ccccc1.Cc1ccccc1.Cc1ccccc1.Cc1ccccc1.Cc1ccccc1.Cc1ccccc1.Cc1ccccc1.Cc1ccccc1.Cc1ccccc1.Cc1ccccc1.Cc1ccccc1.Cc1ccccc1.Cc1ccccc1.Cc1ccccc1.Cc1ccccc1.Cc1ccccc1. The van der Waals surface area contributed by atoms with Gasteiger partial charge < -0.3 is 14.2 Å². The molecule has 0 heterocycles. The molecule has 0 aliphatic rings. The van der Waals surface area contributed by atoms with Crippen LogP contribution in [0.5, 0.6) is 0 Å². The van der Waals surface area contributed by atoms with E-state index in [0.29, 0.717) is 19.8 Å². The van der Waals surface area contributed by atoms with Gasteiger partial charge in [0, 0.05) is 20.8 Å². The molecular weight excluding hydrogens is 1670 g/mol. The van der Waals surface area contributed by atoms with E-state index in [1.807, 2.05) is 309 Å². The van der Waals surface area contributed by atoms with E-state index in [0.717, 1.165) is 0 Å². The molecule has 0 fully saturated rings. The quantitative estimate of drug-likeness (QED) is 0.130. The molecule has 720 valence electrons. The van der Waals surface area contributed by atoms with Crippen LogP contribution in [0, 0.1) is 118 Å². The maximum atomic E-state index is 9.82. The minimum absolute atomic E-state index is 0.211. The molecular formula is C131H160O6. The lowest BCUT2D eigenvalue weighted by Gasteiger charge is -1.89. The van der Waals surface area contributed by atoms with Gasteiger partial charge in [-0.1, -0.05) is 610 Å². The minimum Gasteiger partial charge on any atom is -0.466 e. The maximum Gasteiger partial charge on any atom is 0.302 e. The third-order valence-corrected chi connectivity index (χ3v) is 17.0. The number of benzene rings is 17. The summed E-state index contributed by atoms with van der Waals surface area (Å²) in [7, 11) is 0. The Balaban J connectivity index is -0.00000138. The molecule has 137 heavy (non-hydrogen) atoms. The smallest absolute Gasteiger partial charge is 0.302 e. The van der Waals surface area contributed by atoms with Crippen molar-refractivity contribution in [1.82, 2.24) is 0 Å². The molecule has 0 bridgehead atoms. The van der Waals surface area contributed by atoms with Gasteiger partial charge in [0.05, 0.1) is 19.8 Å². The van der Waals surface area contributed by atoms with Crippen molar-refractivity contribution in [2.24, 2.45) is 0 Å². The van der Waals surface area contributed by atoms with Gasteiger partial charge in [-0.05, 0) is 138 Å². The van der Waals surface area contributed by atoms with Crippen LogP contribution in [-0.4, -0.2) is 37.7 Å². The highest BCUT2D eigenvalue weighted by Crippen LogP contribution is 2.03. The minimum atomic E-state index is -0.211. The van der Waals surface area contributed by atoms with E-state index in [-0.39, 0.29) is 17.9 Å². The Morgan fingerprint density at radius 1 is 0.124 bits per heavy atom. The molecule has 17 aromatic rings. The first kappa shape index (κ1) is 126. The molecule has 6 heteroatoms. The van der Waals surface area contributed by atoms with Crippen molar-refractivity contribution < 1.29 is 28.6 Å². The van der Waals surface area contributed by atoms with Gasteiger partial charge in [-0.2, -0.15) is 0 Å². The lowest BCUT2D eigenvalue weighted by molar-refractivity contribution is -0.141. The number of ether oxygens (including phenoxy) is 3. The maximum absolute atomic E-state index is 9.82. The predicted octanol–water partition coefficient (Wildman–Crippen LogP) is 35.6. The number of carbonyl (C=O) groups is 3. The van der Waals surface area contributed by atoms with Gasteiger partial charge >= 0.3 is 17.9 Å². The summed E-state index contributed by atoms with van der Waals surface area (Å²) in [6, 6.07) is 174. The van der Waals surface area contributed by atoms with Crippen LogP contribution in [0.3, 0.4) is 0 Å². The number of carbonyl (C=O) groups excluding carboxylic acids is 3. The summed E-state index contributed by atoms with van der Waals surface area (Å²) in [4.78, 5) is 29.5. The monoisotopic (exact) mass is 1830 g/mol. The third kappa shape index (κ3) is 102. The fourth-order valence-corrected chi connectivity index (χ4v) is 9.69. The summed E-state index contributed by atoms with van der Waals surface area (Å²) in [5, 5.41) is 0. The number of esters is 3. The summed E-state index contributed by atoms with van der Waals surface area (Å²) in [6.45, 7) is 46.4. The van der Waals surface area contributed by atoms with E-state index >= 15 is 0 Å². The van der Waals surface area contributed by atoms with Crippen LogP contribution in [0.1, 0.15) is 136 Å². The summed E-state index contributed by atoms with van der Waals surface area (Å²) >= 11 is 0. The topological polar surface area (TPSA) is 78.9 Å². The van der Waals surface area contributed by atoms with Crippen LogP contribution >= 0.6 is 0 Å².